The van der Waals surface area contributed by atoms with Crippen LogP contribution in [0.3, 0.4) is 0 Å². The molecule has 0 saturated carbocycles. The monoisotopic (exact) mass is 481 g/mol. The fourth-order valence-electron chi connectivity index (χ4n) is 3.81. The molecular formula is C27H23N5O2S. The van der Waals surface area contributed by atoms with Gasteiger partial charge >= 0.3 is 0 Å². The SMILES string of the molecule is NC(=O)c1nc(Nc2ccc3ccccc3c2)sc1NC(=O)c1ccc(CN2C=CC=CC2)cc1. The van der Waals surface area contributed by atoms with E-state index in [-0.39, 0.29) is 11.6 Å². The van der Waals surface area contributed by atoms with Gasteiger partial charge in [0.25, 0.3) is 11.8 Å². The second-order valence-electron chi connectivity index (χ2n) is 8.10. The summed E-state index contributed by atoms with van der Waals surface area (Å²) in [5.41, 5.74) is 7.95. The molecule has 0 bridgehead atoms. The highest BCUT2D eigenvalue weighted by molar-refractivity contribution is 7.20. The number of primary amides is 1. The van der Waals surface area contributed by atoms with Crippen molar-refractivity contribution >= 4 is 49.7 Å². The summed E-state index contributed by atoms with van der Waals surface area (Å²) in [5.74, 6) is -1.04. The molecule has 174 valence electrons. The summed E-state index contributed by atoms with van der Waals surface area (Å²) in [6, 6.07) is 21.4. The van der Waals surface area contributed by atoms with E-state index in [1.165, 1.54) is 0 Å². The molecule has 2 amide bonds. The van der Waals surface area contributed by atoms with Crippen molar-refractivity contribution in [3.63, 3.8) is 0 Å². The maximum atomic E-state index is 12.9. The van der Waals surface area contributed by atoms with Crippen LogP contribution in [0.5, 0.6) is 0 Å². The second kappa shape index (κ2) is 9.82. The normalized spacial score (nSPS) is 12.6. The minimum atomic E-state index is -0.706. The third-order valence-electron chi connectivity index (χ3n) is 5.57. The van der Waals surface area contributed by atoms with Crippen molar-refractivity contribution in [1.82, 2.24) is 9.88 Å². The van der Waals surface area contributed by atoms with Crippen LogP contribution in [0.2, 0.25) is 0 Å². The van der Waals surface area contributed by atoms with E-state index in [9.17, 15) is 9.59 Å². The lowest BCUT2D eigenvalue weighted by Crippen LogP contribution is -2.19. The van der Waals surface area contributed by atoms with Gasteiger partial charge in [0.15, 0.2) is 10.8 Å². The summed E-state index contributed by atoms with van der Waals surface area (Å²) < 4.78 is 0. The smallest absolute Gasteiger partial charge is 0.270 e. The molecule has 0 saturated heterocycles. The van der Waals surface area contributed by atoms with Crippen LogP contribution in [0.1, 0.15) is 26.4 Å². The van der Waals surface area contributed by atoms with Gasteiger partial charge in [-0.05, 0) is 52.9 Å². The number of nitrogens with one attached hydrogen (secondary N) is 2. The van der Waals surface area contributed by atoms with Gasteiger partial charge in [-0.3, -0.25) is 9.59 Å². The fourth-order valence-corrected chi connectivity index (χ4v) is 4.70. The molecule has 5 rings (SSSR count). The Morgan fingerprint density at radius 3 is 2.54 bits per heavy atom. The van der Waals surface area contributed by atoms with E-state index in [2.05, 4.69) is 26.6 Å². The Morgan fingerprint density at radius 1 is 1.00 bits per heavy atom. The largest absolute Gasteiger partial charge is 0.369 e. The summed E-state index contributed by atoms with van der Waals surface area (Å²) in [6.45, 7) is 1.61. The number of fused-ring (bicyclic) bond motifs is 1. The van der Waals surface area contributed by atoms with E-state index in [1.54, 1.807) is 12.1 Å². The van der Waals surface area contributed by atoms with Crippen LogP contribution in [0.15, 0.2) is 91.2 Å². The number of allylic oxidation sites excluding steroid dienone is 2. The number of thiazole rings is 1. The highest BCUT2D eigenvalue weighted by atomic mass is 32.1. The van der Waals surface area contributed by atoms with E-state index in [4.69, 9.17) is 5.73 Å². The number of anilines is 3. The first-order chi connectivity index (χ1) is 17.0. The zero-order valence-electron chi connectivity index (χ0n) is 18.8. The van der Waals surface area contributed by atoms with E-state index >= 15 is 0 Å². The van der Waals surface area contributed by atoms with E-state index in [0.29, 0.717) is 15.7 Å². The molecule has 0 spiro atoms. The van der Waals surface area contributed by atoms with Gasteiger partial charge in [-0.15, -0.1) is 0 Å². The zero-order valence-corrected chi connectivity index (χ0v) is 19.6. The van der Waals surface area contributed by atoms with E-state index < -0.39 is 5.91 Å². The molecule has 8 heteroatoms. The van der Waals surface area contributed by atoms with Crippen molar-refractivity contribution in [2.24, 2.45) is 5.73 Å². The number of carbonyl (C=O) groups excluding carboxylic acids is 2. The van der Waals surface area contributed by atoms with Crippen molar-refractivity contribution in [2.45, 2.75) is 6.54 Å². The molecule has 4 aromatic rings. The lowest BCUT2D eigenvalue weighted by atomic mass is 10.1. The zero-order chi connectivity index (χ0) is 24.2. The molecule has 2 heterocycles. The molecule has 0 radical (unpaired) electrons. The average molecular weight is 482 g/mol. The van der Waals surface area contributed by atoms with E-state index in [1.807, 2.05) is 72.9 Å². The Morgan fingerprint density at radius 2 is 1.80 bits per heavy atom. The van der Waals surface area contributed by atoms with Gasteiger partial charge in [-0.2, -0.15) is 0 Å². The van der Waals surface area contributed by atoms with Crippen LogP contribution in [0.4, 0.5) is 15.8 Å². The number of carbonyl (C=O) groups is 2. The molecule has 0 fully saturated rings. The summed E-state index contributed by atoms with van der Waals surface area (Å²) in [4.78, 5) is 31.3. The van der Waals surface area contributed by atoms with Crippen molar-refractivity contribution in [3.05, 3.63) is 108 Å². The lowest BCUT2D eigenvalue weighted by molar-refractivity contribution is 0.0997. The van der Waals surface area contributed by atoms with Gasteiger partial charge in [0.05, 0.1) is 0 Å². The van der Waals surface area contributed by atoms with Gasteiger partial charge < -0.3 is 21.3 Å². The van der Waals surface area contributed by atoms with Crippen molar-refractivity contribution in [1.29, 1.82) is 0 Å². The average Bonchev–Trinajstić information content (AvgIpc) is 3.27. The van der Waals surface area contributed by atoms with E-state index in [0.717, 1.165) is 46.4 Å². The third kappa shape index (κ3) is 5.23. The van der Waals surface area contributed by atoms with Gasteiger partial charge in [0, 0.05) is 24.3 Å². The minimum Gasteiger partial charge on any atom is -0.369 e. The predicted octanol–water partition coefficient (Wildman–Crippen LogP) is 5.28. The van der Waals surface area contributed by atoms with Crippen LogP contribution >= 0.6 is 11.3 Å². The number of aromatic nitrogens is 1. The maximum absolute atomic E-state index is 12.9. The van der Waals surface area contributed by atoms with Gasteiger partial charge in [-0.25, -0.2) is 4.98 Å². The first-order valence-corrected chi connectivity index (χ1v) is 11.9. The molecule has 0 atom stereocenters. The van der Waals surface area contributed by atoms with Crippen molar-refractivity contribution in [2.75, 3.05) is 17.2 Å². The van der Waals surface area contributed by atoms with Gasteiger partial charge in [0.2, 0.25) is 0 Å². The van der Waals surface area contributed by atoms with Crippen LogP contribution < -0.4 is 16.4 Å². The molecule has 0 aliphatic carbocycles. The highest BCUT2D eigenvalue weighted by Crippen LogP contribution is 2.32. The number of nitrogens with zero attached hydrogens (tertiary/aromatic N) is 2. The van der Waals surface area contributed by atoms with Crippen LogP contribution in [-0.2, 0) is 6.54 Å². The fraction of sp³-hybridized carbons (Fsp3) is 0.0741. The molecule has 1 aliphatic rings. The molecule has 7 nitrogen and oxygen atoms in total. The second-order valence-corrected chi connectivity index (χ2v) is 9.10. The first-order valence-electron chi connectivity index (χ1n) is 11.1. The lowest BCUT2D eigenvalue weighted by Gasteiger charge is -2.20. The number of hydrogen-bond donors (Lipinski definition) is 3. The Bertz CT molecular complexity index is 1460. The molecule has 1 aliphatic heterocycles. The van der Waals surface area contributed by atoms with Crippen LogP contribution in [0.25, 0.3) is 10.8 Å². The number of rotatable bonds is 7. The topological polar surface area (TPSA) is 100 Å². The molecule has 35 heavy (non-hydrogen) atoms. The van der Waals surface area contributed by atoms with Gasteiger partial charge in [0.1, 0.15) is 5.00 Å². The quantitative estimate of drug-likeness (QED) is 0.334. The number of hydrogen-bond acceptors (Lipinski definition) is 6. The first kappa shape index (κ1) is 22.4. The number of amides is 2. The van der Waals surface area contributed by atoms with Crippen molar-refractivity contribution < 1.29 is 9.59 Å². The molecule has 3 aromatic carbocycles. The minimum absolute atomic E-state index is 0.0215. The number of benzene rings is 3. The summed E-state index contributed by atoms with van der Waals surface area (Å²) in [7, 11) is 0. The van der Waals surface area contributed by atoms with Crippen molar-refractivity contribution in [3.8, 4) is 0 Å². The summed E-state index contributed by atoms with van der Waals surface area (Å²) in [5, 5.41) is 8.96. The Balaban J connectivity index is 1.30. The Hall–Kier alpha value is -4.43. The summed E-state index contributed by atoms with van der Waals surface area (Å²) >= 11 is 1.16. The molecule has 4 N–H and O–H groups in total. The molecule has 1 aromatic heterocycles. The number of nitrogens with two attached hydrogens (primary N) is 1. The highest BCUT2D eigenvalue weighted by Gasteiger charge is 2.19. The Labute approximate surface area is 206 Å². The third-order valence-corrected chi connectivity index (χ3v) is 6.46. The standard InChI is InChI=1S/C27H23N5O2S/c28-24(33)23-26(35-27(30-23)29-22-13-12-19-6-2-3-7-21(19)16-22)31-25(34)20-10-8-18(9-11-20)17-32-14-4-1-5-15-32/h1-14,16H,15,17H2,(H2,28,33)(H,29,30)(H,31,34). The molecule has 0 unspecified atom stereocenters. The summed E-state index contributed by atoms with van der Waals surface area (Å²) in [6.07, 6.45) is 8.15. The predicted molar refractivity (Wildman–Crippen MR) is 141 cm³/mol. The van der Waals surface area contributed by atoms with Crippen LogP contribution in [0, 0.1) is 0 Å². The van der Waals surface area contributed by atoms with Crippen LogP contribution in [-0.4, -0.2) is 28.2 Å². The molecular weight excluding hydrogens is 458 g/mol. The Kier molecular flexibility index (Phi) is 6.28. The van der Waals surface area contributed by atoms with Gasteiger partial charge in [-0.1, -0.05) is 66.0 Å². The maximum Gasteiger partial charge on any atom is 0.270 e.